The Labute approximate surface area is 96.9 Å². The maximum Gasteiger partial charge on any atom is 0.363 e. The molecule has 8 heteroatoms. The molecule has 0 aromatic heterocycles. The molecule has 0 spiro atoms. The van der Waals surface area contributed by atoms with Gasteiger partial charge in [0.1, 0.15) is 11.4 Å². The van der Waals surface area contributed by atoms with Gasteiger partial charge in [-0.25, -0.2) is 0 Å². The van der Waals surface area contributed by atoms with E-state index in [-0.39, 0.29) is 5.69 Å². The Kier molecular flexibility index (Phi) is 2.50. The van der Waals surface area contributed by atoms with Gasteiger partial charge in [0.15, 0.2) is 0 Å². The van der Waals surface area contributed by atoms with E-state index in [1.165, 1.54) is 12.1 Å². The summed E-state index contributed by atoms with van der Waals surface area (Å²) in [6, 6.07) is 4.43. The van der Waals surface area contributed by atoms with E-state index in [4.69, 9.17) is 20.9 Å². The molecule has 0 saturated heterocycles. The maximum absolute atomic E-state index is 11.0. The van der Waals surface area contributed by atoms with Crippen LogP contribution in [0.3, 0.4) is 0 Å². The molecule has 1 aliphatic heterocycles. The highest BCUT2D eigenvalue weighted by Crippen LogP contribution is 2.41. The second-order valence-electron chi connectivity index (χ2n) is 2.83. The minimum absolute atomic E-state index is 0.171. The topological polar surface area (TPSA) is 66.8 Å². The Hall–Kier alpha value is -0.630. The summed E-state index contributed by atoms with van der Waals surface area (Å²) in [5, 5.41) is 0.341. The van der Waals surface area contributed by atoms with Crippen LogP contribution in [0.4, 0.5) is 5.69 Å². The molecule has 0 amide bonds. The molecular formula is C7H6ClNO4S2. The Balaban J connectivity index is 2.58. The molecule has 1 heterocycles. The average Bonchev–Trinajstić information content (AvgIpc) is 2.38. The monoisotopic (exact) mass is 267 g/mol. The first kappa shape index (κ1) is 10.9. The molecule has 0 saturated carbocycles. The fourth-order valence-electron chi connectivity index (χ4n) is 1.28. The zero-order valence-electron chi connectivity index (χ0n) is 7.16. The van der Waals surface area contributed by atoms with Gasteiger partial charge in [0.25, 0.3) is 0 Å². The first-order valence-electron chi connectivity index (χ1n) is 3.81. The summed E-state index contributed by atoms with van der Waals surface area (Å²) in [5.41, 5.74) is -0.904. The van der Waals surface area contributed by atoms with Gasteiger partial charge < -0.3 is 4.74 Å². The third-order valence-electron chi connectivity index (χ3n) is 1.84. The van der Waals surface area contributed by atoms with Crippen molar-refractivity contribution in [1.29, 1.82) is 0 Å². The summed E-state index contributed by atoms with van der Waals surface area (Å²) < 4.78 is 36.7. The van der Waals surface area contributed by atoms with Gasteiger partial charge in [0, 0.05) is 5.02 Å². The minimum atomic E-state index is -4.41. The Morgan fingerprint density at radius 2 is 2.20 bits per heavy atom. The van der Waals surface area contributed by atoms with Crippen LogP contribution in [0, 0.1) is 0 Å². The van der Waals surface area contributed by atoms with Gasteiger partial charge in [-0.15, -0.1) is 12.6 Å². The van der Waals surface area contributed by atoms with Crippen LogP contribution in [0.2, 0.25) is 5.02 Å². The summed E-state index contributed by atoms with van der Waals surface area (Å²) in [6.45, 7) is 0. The van der Waals surface area contributed by atoms with Crippen molar-refractivity contribution < 1.29 is 17.7 Å². The lowest BCUT2D eigenvalue weighted by atomic mass is 10.3. The zero-order valence-corrected chi connectivity index (χ0v) is 9.63. The van der Waals surface area contributed by atoms with Crippen LogP contribution in [0.25, 0.3) is 0 Å². The molecule has 1 aromatic carbocycles. The predicted octanol–water partition coefficient (Wildman–Crippen LogP) is 1.56. The third kappa shape index (κ3) is 1.87. The number of nitrogens with zero attached hydrogens (tertiary/aromatic N) is 1. The Bertz CT molecular complexity index is 504. The van der Waals surface area contributed by atoms with Crippen LogP contribution in [0.1, 0.15) is 0 Å². The molecule has 1 atom stereocenters. The molecule has 1 unspecified atom stereocenters. The van der Waals surface area contributed by atoms with Crippen LogP contribution in [-0.2, 0) is 10.3 Å². The molecule has 2 rings (SSSR count). The van der Waals surface area contributed by atoms with Crippen molar-refractivity contribution in [1.82, 2.24) is 0 Å². The van der Waals surface area contributed by atoms with E-state index in [0.717, 1.165) is 0 Å². The summed E-state index contributed by atoms with van der Waals surface area (Å²) in [7, 11) is -4.41. The molecule has 15 heavy (non-hydrogen) atoms. The molecular weight excluding hydrogens is 262 g/mol. The van der Waals surface area contributed by atoms with E-state index in [1.54, 1.807) is 6.07 Å². The maximum atomic E-state index is 11.0. The number of hydrogen-bond donors (Lipinski definition) is 2. The Morgan fingerprint density at radius 3 is 2.80 bits per heavy atom. The van der Waals surface area contributed by atoms with Crippen LogP contribution in [-0.4, -0.2) is 18.5 Å². The van der Waals surface area contributed by atoms with Crippen molar-refractivity contribution in [3.05, 3.63) is 23.2 Å². The number of rotatable bonds is 1. The van der Waals surface area contributed by atoms with E-state index < -0.39 is 15.9 Å². The standard InChI is InChI=1S/C7H6ClNO4S2/c8-4-1-2-6-5(3-4)9(7(14)13-6)15(10,11)12/h1-3,7,14H,(H,10,11,12). The van der Waals surface area contributed by atoms with Gasteiger partial charge in [0.05, 0.1) is 0 Å². The van der Waals surface area contributed by atoms with E-state index in [0.29, 0.717) is 15.1 Å². The van der Waals surface area contributed by atoms with Crippen molar-refractivity contribution in [2.75, 3.05) is 4.31 Å². The van der Waals surface area contributed by atoms with Crippen LogP contribution < -0.4 is 9.04 Å². The summed E-state index contributed by atoms with van der Waals surface area (Å²) in [5.74, 6) is 0.303. The highest BCUT2D eigenvalue weighted by Gasteiger charge is 2.36. The average molecular weight is 268 g/mol. The zero-order chi connectivity index (χ0) is 11.2. The van der Waals surface area contributed by atoms with E-state index >= 15 is 0 Å². The van der Waals surface area contributed by atoms with Gasteiger partial charge in [0.2, 0.25) is 5.56 Å². The second-order valence-corrected chi connectivity index (χ2v) is 5.00. The summed E-state index contributed by atoms with van der Waals surface area (Å²) in [6.07, 6.45) is 0. The van der Waals surface area contributed by atoms with E-state index in [1.807, 2.05) is 0 Å². The number of benzene rings is 1. The van der Waals surface area contributed by atoms with Crippen molar-refractivity contribution in [2.24, 2.45) is 0 Å². The number of hydrogen-bond acceptors (Lipinski definition) is 4. The molecule has 1 aromatic rings. The third-order valence-corrected chi connectivity index (χ3v) is 3.45. The van der Waals surface area contributed by atoms with Crippen molar-refractivity contribution >= 4 is 40.2 Å². The molecule has 5 nitrogen and oxygen atoms in total. The van der Waals surface area contributed by atoms with E-state index in [9.17, 15) is 8.42 Å². The molecule has 0 fully saturated rings. The van der Waals surface area contributed by atoms with Crippen molar-refractivity contribution in [3.8, 4) is 5.75 Å². The second kappa shape index (κ2) is 3.44. The lowest BCUT2D eigenvalue weighted by Gasteiger charge is -2.16. The van der Waals surface area contributed by atoms with Crippen molar-refractivity contribution in [2.45, 2.75) is 5.56 Å². The van der Waals surface area contributed by atoms with E-state index in [2.05, 4.69) is 12.6 Å². The number of thiol groups is 1. The summed E-state index contributed by atoms with van der Waals surface area (Å²) >= 11 is 9.58. The van der Waals surface area contributed by atoms with Gasteiger partial charge in [-0.3, -0.25) is 4.55 Å². The first-order chi connectivity index (χ1) is 6.89. The smallest absolute Gasteiger partial charge is 0.363 e. The van der Waals surface area contributed by atoms with Crippen LogP contribution in [0.5, 0.6) is 5.75 Å². The largest absolute Gasteiger partial charge is 0.458 e. The fraction of sp³-hybridized carbons (Fsp3) is 0.143. The molecule has 1 N–H and O–H groups in total. The SMILES string of the molecule is O=S(=O)(O)N1c2cc(Cl)ccc2OC1S. The molecule has 0 bridgehead atoms. The molecule has 0 aliphatic carbocycles. The molecule has 1 aliphatic rings. The van der Waals surface area contributed by atoms with Crippen LogP contribution in [0.15, 0.2) is 18.2 Å². The Morgan fingerprint density at radius 1 is 1.53 bits per heavy atom. The van der Waals surface area contributed by atoms with Crippen LogP contribution >= 0.6 is 24.2 Å². The lowest BCUT2D eigenvalue weighted by Crippen LogP contribution is -2.35. The number of fused-ring (bicyclic) bond motifs is 1. The quantitative estimate of drug-likeness (QED) is 0.599. The lowest BCUT2D eigenvalue weighted by molar-refractivity contribution is 0.325. The molecule has 0 radical (unpaired) electrons. The van der Waals surface area contributed by atoms with Gasteiger partial charge >= 0.3 is 10.3 Å². The van der Waals surface area contributed by atoms with Crippen molar-refractivity contribution in [3.63, 3.8) is 0 Å². The number of halogens is 1. The summed E-state index contributed by atoms with van der Waals surface area (Å²) in [4.78, 5) is 0. The highest BCUT2D eigenvalue weighted by atomic mass is 35.5. The fourth-order valence-corrected chi connectivity index (χ4v) is 2.70. The predicted molar refractivity (Wildman–Crippen MR) is 58.9 cm³/mol. The van der Waals surface area contributed by atoms with Gasteiger partial charge in [-0.05, 0) is 18.2 Å². The minimum Gasteiger partial charge on any atom is -0.458 e. The normalized spacial score (nSPS) is 19.9. The number of anilines is 1. The molecule has 82 valence electrons. The van der Waals surface area contributed by atoms with Gasteiger partial charge in [-0.2, -0.15) is 12.7 Å². The first-order valence-corrected chi connectivity index (χ1v) is 6.10. The highest BCUT2D eigenvalue weighted by molar-refractivity contribution is 7.89. The number of ether oxygens (including phenoxy) is 1. The van der Waals surface area contributed by atoms with Gasteiger partial charge in [-0.1, -0.05) is 11.6 Å².